The summed E-state index contributed by atoms with van der Waals surface area (Å²) in [6.07, 6.45) is 15.4. The second-order valence-electron chi connectivity index (χ2n) is 14.0. The highest BCUT2D eigenvalue weighted by molar-refractivity contribution is 5.84. The Morgan fingerprint density at radius 1 is 0.784 bits per heavy atom. The maximum Gasteiger partial charge on any atom is 0.161 e. The number of fused-ring (bicyclic) bond motifs is 1. The van der Waals surface area contributed by atoms with Gasteiger partial charge in [-0.15, -0.1) is 0 Å². The highest BCUT2D eigenvalue weighted by atomic mass is 16.5. The molecule has 6 nitrogen and oxygen atoms in total. The number of carbonyl (C=O) groups excluding carboxylic acids is 1. The summed E-state index contributed by atoms with van der Waals surface area (Å²) in [5.74, 6) is 1.92. The van der Waals surface area contributed by atoms with E-state index in [4.69, 9.17) is 9.47 Å². The van der Waals surface area contributed by atoms with Crippen molar-refractivity contribution in [3.8, 4) is 17.2 Å². The number of ketones is 1. The average Bonchev–Trinajstić information content (AvgIpc) is 3.13. The fraction of sp³-hybridized carbons (Fsp3) is 0.400. The number of unbranched alkanes of at least 4 members (excludes halogenated alkanes) is 3. The van der Waals surface area contributed by atoms with Gasteiger partial charge in [-0.3, -0.25) is 4.79 Å². The molecule has 0 saturated carbocycles. The van der Waals surface area contributed by atoms with Crippen LogP contribution in [0.3, 0.4) is 0 Å². The molecule has 0 saturated heterocycles. The van der Waals surface area contributed by atoms with Crippen LogP contribution in [0.1, 0.15) is 87.0 Å². The third-order valence-electron chi connectivity index (χ3n) is 10.1. The van der Waals surface area contributed by atoms with Crippen molar-refractivity contribution < 1.29 is 29.6 Å². The second kappa shape index (κ2) is 19.2. The molecule has 0 aromatic heterocycles. The summed E-state index contributed by atoms with van der Waals surface area (Å²) >= 11 is 0. The first-order chi connectivity index (χ1) is 24.8. The molecule has 0 fully saturated rings. The summed E-state index contributed by atoms with van der Waals surface area (Å²) in [5, 5.41) is 33.0. The van der Waals surface area contributed by atoms with Crippen molar-refractivity contribution in [3.05, 3.63) is 125 Å². The Bertz CT molecular complexity index is 1790. The van der Waals surface area contributed by atoms with Crippen molar-refractivity contribution in [2.24, 2.45) is 11.8 Å². The second-order valence-corrected chi connectivity index (χ2v) is 14.0. The first kappa shape index (κ1) is 37.7. The number of hydrogen-bond donors (Lipinski definition) is 3. The van der Waals surface area contributed by atoms with Gasteiger partial charge in [0.2, 0.25) is 0 Å². The summed E-state index contributed by atoms with van der Waals surface area (Å²) in [7, 11) is 1.60. The fourth-order valence-corrected chi connectivity index (χ4v) is 7.19. The number of aromatic hydroxyl groups is 1. The molecule has 0 amide bonds. The smallest absolute Gasteiger partial charge is 0.161 e. The van der Waals surface area contributed by atoms with Crippen molar-refractivity contribution in [2.45, 2.75) is 96.7 Å². The van der Waals surface area contributed by atoms with Crippen LogP contribution < -0.4 is 9.47 Å². The Balaban J connectivity index is 1.08. The molecule has 0 aliphatic heterocycles. The van der Waals surface area contributed by atoms with E-state index < -0.39 is 6.10 Å². The zero-order valence-corrected chi connectivity index (χ0v) is 30.2. The van der Waals surface area contributed by atoms with Crippen LogP contribution in [0, 0.1) is 11.8 Å². The van der Waals surface area contributed by atoms with Crippen LogP contribution in [0.4, 0.5) is 0 Å². The van der Waals surface area contributed by atoms with Gasteiger partial charge in [0.25, 0.3) is 0 Å². The number of aryl methyl sites for hydroxylation is 3. The maximum absolute atomic E-state index is 13.0. The third kappa shape index (κ3) is 11.5. The van der Waals surface area contributed by atoms with Crippen LogP contribution in [0.25, 0.3) is 10.8 Å². The molecule has 3 atom stereocenters. The van der Waals surface area contributed by atoms with Gasteiger partial charge in [-0.25, -0.2) is 0 Å². The van der Waals surface area contributed by atoms with Gasteiger partial charge in [-0.1, -0.05) is 80.8 Å². The maximum atomic E-state index is 13.0. The van der Waals surface area contributed by atoms with E-state index >= 15 is 0 Å². The van der Waals surface area contributed by atoms with Gasteiger partial charge >= 0.3 is 0 Å². The van der Waals surface area contributed by atoms with E-state index in [9.17, 15) is 20.1 Å². The van der Waals surface area contributed by atoms with E-state index in [2.05, 4.69) is 37.3 Å². The van der Waals surface area contributed by atoms with E-state index in [0.29, 0.717) is 37.4 Å². The normalized spacial score (nSPS) is 16.2. The Morgan fingerprint density at radius 3 is 2.27 bits per heavy atom. The molecule has 4 aromatic rings. The zero-order chi connectivity index (χ0) is 36.0. The predicted octanol–water partition coefficient (Wildman–Crippen LogP) is 10.2. The fourth-order valence-electron chi connectivity index (χ4n) is 7.19. The Labute approximate surface area is 303 Å². The number of allylic oxidation sites excluding steroid dienone is 3. The van der Waals surface area contributed by atoms with E-state index in [1.165, 1.54) is 30.4 Å². The molecule has 0 spiro atoms. The van der Waals surface area contributed by atoms with Crippen LogP contribution in [0.2, 0.25) is 0 Å². The van der Waals surface area contributed by atoms with Gasteiger partial charge < -0.3 is 24.8 Å². The molecule has 0 bridgehead atoms. The summed E-state index contributed by atoms with van der Waals surface area (Å²) in [6.45, 7) is 2.58. The first-order valence-electron chi connectivity index (χ1n) is 18.7. The van der Waals surface area contributed by atoms with Gasteiger partial charge in [0.1, 0.15) is 23.9 Å². The Morgan fingerprint density at radius 2 is 1.51 bits per heavy atom. The lowest BCUT2D eigenvalue weighted by Crippen LogP contribution is -2.23. The highest BCUT2D eigenvalue weighted by Crippen LogP contribution is 2.33. The predicted molar refractivity (Wildman–Crippen MR) is 206 cm³/mol. The van der Waals surface area contributed by atoms with Gasteiger partial charge in [-0.05, 0) is 132 Å². The molecule has 51 heavy (non-hydrogen) atoms. The monoisotopic (exact) mass is 690 g/mol. The lowest BCUT2D eigenvalue weighted by Gasteiger charge is -2.27. The number of benzene rings is 4. The molecule has 1 aliphatic rings. The van der Waals surface area contributed by atoms with Crippen molar-refractivity contribution >= 4 is 16.6 Å². The number of phenols is 1. The topological polar surface area (TPSA) is 96.2 Å². The number of methoxy groups -OCH3 is 1. The van der Waals surface area contributed by atoms with Crippen molar-refractivity contribution in [1.82, 2.24) is 0 Å². The molecule has 0 heterocycles. The van der Waals surface area contributed by atoms with E-state index in [1.807, 2.05) is 48.5 Å². The quantitative estimate of drug-likeness (QED) is 0.0799. The van der Waals surface area contributed by atoms with Crippen LogP contribution in [-0.4, -0.2) is 34.3 Å². The molecule has 6 heteroatoms. The molecule has 270 valence electrons. The number of ether oxygens (including phenoxy) is 2. The van der Waals surface area contributed by atoms with Crippen LogP contribution in [0.15, 0.2) is 103 Å². The van der Waals surface area contributed by atoms with Gasteiger partial charge in [0, 0.05) is 12.8 Å². The lowest BCUT2D eigenvalue weighted by atomic mass is 9.80. The summed E-state index contributed by atoms with van der Waals surface area (Å²) < 4.78 is 11.7. The van der Waals surface area contributed by atoms with E-state index in [-0.39, 0.29) is 35.5 Å². The van der Waals surface area contributed by atoms with Crippen LogP contribution in [-0.2, 0) is 30.7 Å². The standard InChI is InChI=1S/C45H54O6/c1-3-4-5-10-34-11-6-7-12-35(34)13-8-9-14-36-19-22-41(47)28-39(36)29-43(49)30-42(48)21-16-32-17-24-44(50-2)45(26-32)51-31-33-15-18-38-27-40(46)23-20-37(38)25-33/h6-7,11-12,15,17-20,22-28,36,39,43,46-47,49H,3-5,8-10,13-14,16,21,29-31H2,1-2H3/t36-,39+,43+/m1/s1. The van der Waals surface area contributed by atoms with Crippen LogP contribution in [0.5, 0.6) is 17.2 Å². The highest BCUT2D eigenvalue weighted by Gasteiger charge is 2.25. The molecular weight excluding hydrogens is 636 g/mol. The van der Waals surface area contributed by atoms with E-state index in [0.717, 1.165) is 54.0 Å². The molecule has 3 N–H and O–H groups in total. The molecular formula is C45H54O6. The largest absolute Gasteiger partial charge is 0.508 e. The number of rotatable bonds is 20. The number of aliphatic hydroxyl groups excluding tert-OH is 2. The number of phenolic OH excluding ortho intramolecular Hbond substituents is 1. The van der Waals surface area contributed by atoms with Gasteiger partial charge in [0.05, 0.1) is 13.2 Å². The van der Waals surface area contributed by atoms with Crippen LogP contribution >= 0.6 is 0 Å². The number of Topliss-reactive ketones (excluding diaryl/α,β-unsaturated/α-hetero) is 1. The SMILES string of the molecule is CCCCCc1ccccc1CCCC[C@@H]1C=CC(O)=C[C@H]1C[C@H](O)CC(=O)CCc1ccc(OC)c(OCc2ccc3cc(O)ccc3c2)c1. The molecule has 0 unspecified atom stereocenters. The van der Waals surface area contributed by atoms with Gasteiger partial charge in [-0.2, -0.15) is 0 Å². The molecule has 1 aliphatic carbocycles. The summed E-state index contributed by atoms with van der Waals surface area (Å²) in [4.78, 5) is 13.0. The van der Waals surface area contributed by atoms with Crippen molar-refractivity contribution in [3.63, 3.8) is 0 Å². The Hall–Kier alpha value is -4.55. The number of aliphatic hydroxyl groups is 2. The molecule has 0 radical (unpaired) electrons. The first-order valence-corrected chi connectivity index (χ1v) is 18.7. The summed E-state index contributed by atoms with van der Waals surface area (Å²) in [6, 6.07) is 25.8. The van der Waals surface area contributed by atoms with Crippen molar-refractivity contribution in [2.75, 3.05) is 7.11 Å². The number of carbonyl (C=O) groups is 1. The minimum atomic E-state index is -0.767. The lowest BCUT2D eigenvalue weighted by molar-refractivity contribution is -0.121. The number of hydrogen-bond acceptors (Lipinski definition) is 6. The third-order valence-corrected chi connectivity index (χ3v) is 10.1. The summed E-state index contributed by atoms with van der Waals surface area (Å²) in [5.41, 5.74) is 4.88. The average molecular weight is 691 g/mol. The molecule has 5 rings (SSSR count). The molecule has 4 aromatic carbocycles. The van der Waals surface area contributed by atoms with Gasteiger partial charge in [0.15, 0.2) is 11.5 Å². The van der Waals surface area contributed by atoms with Crippen molar-refractivity contribution in [1.29, 1.82) is 0 Å². The minimum Gasteiger partial charge on any atom is -0.508 e. The minimum absolute atomic E-state index is 0.00446. The van der Waals surface area contributed by atoms with E-state index in [1.54, 1.807) is 25.3 Å². The zero-order valence-electron chi connectivity index (χ0n) is 30.2. The Kier molecular flexibility index (Phi) is 14.2.